The van der Waals surface area contributed by atoms with E-state index in [1.165, 1.54) is 6.42 Å². The van der Waals surface area contributed by atoms with Gasteiger partial charge in [-0.3, -0.25) is 0 Å². The maximum atomic E-state index is 14.3. The molecule has 0 unspecified atom stereocenters. The minimum atomic E-state index is -0.387. The molecule has 0 radical (unpaired) electrons. The molecule has 3 rings (SSSR count). The van der Waals surface area contributed by atoms with Crippen molar-refractivity contribution in [3.63, 3.8) is 0 Å². The van der Waals surface area contributed by atoms with E-state index in [0.29, 0.717) is 11.6 Å². The van der Waals surface area contributed by atoms with Crippen LogP contribution in [0.15, 0.2) is 24.3 Å². The summed E-state index contributed by atoms with van der Waals surface area (Å²) >= 11 is 0. The van der Waals surface area contributed by atoms with Crippen LogP contribution in [0.4, 0.5) is 21.8 Å². The van der Waals surface area contributed by atoms with E-state index in [-0.39, 0.29) is 11.6 Å². The molecule has 0 spiro atoms. The van der Waals surface area contributed by atoms with Gasteiger partial charge in [-0.25, -0.2) is 9.37 Å². The molecule has 2 heterocycles. The molecule has 116 valence electrons. The molecule has 0 atom stereocenters. The number of nitrogens with zero attached hydrogens (tertiary/aromatic N) is 3. The molecule has 0 amide bonds. The van der Waals surface area contributed by atoms with E-state index in [1.807, 2.05) is 31.2 Å². The summed E-state index contributed by atoms with van der Waals surface area (Å²) in [7, 11) is 0. The normalized spacial score (nSPS) is 15.0. The van der Waals surface area contributed by atoms with Crippen LogP contribution in [-0.2, 0) is 0 Å². The molecule has 22 heavy (non-hydrogen) atoms. The van der Waals surface area contributed by atoms with E-state index < -0.39 is 0 Å². The van der Waals surface area contributed by atoms with Gasteiger partial charge in [-0.05, 0) is 50.8 Å². The fourth-order valence-corrected chi connectivity index (χ4v) is 2.72. The summed E-state index contributed by atoms with van der Waals surface area (Å²) in [4.78, 5) is 10.9. The number of aryl methyl sites for hydroxylation is 2. The number of aromatic nitrogens is 2. The van der Waals surface area contributed by atoms with E-state index in [4.69, 9.17) is 0 Å². The van der Waals surface area contributed by atoms with Gasteiger partial charge in [0, 0.05) is 18.8 Å². The predicted octanol–water partition coefficient (Wildman–Crippen LogP) is 3.97. The van der Waals surface area contributed by atoms with Crippen LogP contribution >= 0.6 is 0 Å². The third-order valence-corrected chi connectivity index (χ3v) is 3.92. The molecule has 0 saturated carbocycles. The number of benzene rings is 1. The Morgan fingerprint density at radius 3 is 2.59 bits per heavy atom. The summed E-state index contributed by atoms with van der Waals surface area (Å²) < 4.78 is 14.3. The Kier molecular flexibility index (Phi) is 4.22. The molecular weight excluding hydrogens is 279 g/mol. The highest BCUT2D eigenvalue weighted by Gasteiger charge is 2.18. The second-order valence-electron chi connectivity index (χ2n) is 5.81. The summed E-state index contributed by atoms with van der Waals surface area (Å²) in [5.41, 5.74) is 2.33. The Balaban J connectivity index is 1.90. The molecule has 5 heteroatoms. The lowest BCUT2D eigenvalue weighted by Gasteiger charge is -2.27. The van der Waals surface area contributed by atoms with Gasteiger partial charge in [0.25, 0.3) is 0 Å². The van der Waals surface area contributed by atoms with Crippen LogP contribution in [0.25, 0.3) is 0 Å². The van der Waals surface area contributed by atoms with Crippen LogP contribution in [0.5, 0.6) is 0 Å². The Morgan fingerprint density at radius 2 is 1.86 bits per heavy atom. The van der Waals surface area contributed by atoms with Crippen molar-refractivity contribution >= 4 is 17.5 Å². The number of hydrogen-bond donors (Lipinski definition) is 1. The predicted molar refractivity (Wildman–Crippen MR) is 87.3 cm³/mol. The first-order valence-electron chi connectivity index (χ1n) is 7.76. The highest BCUT2D eigenvalue weighted by Crippen LogP contribution is 2.24. The topological polar surface area (TPSA) is 41.1 Å². The number of nitrogens with one attached hydrogen (secondary N) is 1. The molecule has 1 aliphatic rings. The van der Waals surface area contributed by atoms with Crippen molar-refractivity contribution in [1.29, 1.82) is 0 Å². The fraction of sp³-hybridized carbons (Fsp3) is 0.412. The molecule has 0 aliphatic carbocycles. The molecule has 1 aromatic carbocycles. The SMILES string of the molecule is Cc1cccc(Nc2nc(N3CCCCC3)nc(C)c2F)c1. The molecule has 1 fully saturated rings. The second kappa shape index (κ2) is 6.30. The number of halogens is 1. The number of piperidine rings is 1. The smallest absolute Gasteiger partial charge is 0.227 e. The average molecular weight is 300 g/mol. The van der Waals surface area contributed by atoms with Crippen LogP contribution in [0, 0.1) is 19.7 Å². The zero-order valence-corrected chi connectivity index (χ0v) is 13.1. The first kappa shape index (κ1) is 14.8. The van der Waals surface area contributed by atoms with E-state index in [2.05, 4.69) is 20.2 Å². The Morgan fingerprint density at radius 1 is 1.09 bits per heavy atom. The first-order valence-corrected chi connectivity index (χ1v) is 7.76. The largest absolute Gasteiger partial charge is 0.341 e. The maximum absolute atomic E-state index is 14.3. The summed E-state index contributed by atoms with van der Waals surface area (Å²) in [5, 5.41) is 3.08. The molecular formula is C17H21FN4. The van der Waals surface area contributed by atoms with Crippen molar-refractivity contribution in [3.05, 3.63) is 41.3 Å². The van der Waals surface area contributed by atoms with E-state index in [1.54, 1.807) is 6.92 Å². The molecule has 2 aromatic rings. The standard InChI is InChI=1S/C17H21FN4/c1-12-7-6-8-14(11-12)20-16-15(18)13(2)19-17(21-16)22-9-4-3-5-10-22/h6-8,11H,3-5,9-10H2,1-2H3,(H,19,20,21). The summed E-state index contributed by atoms with van der Waals surface area (Å²) in [6.07, 6.45) is 3.52. The molecule has 1 aliphatic heterocycles. The molecule has 4 nitrogen and oxygen atoms in total. The third-order valence-electron chi connectivity index (χ3n) is 3.92. The third kappa shape index (κ3) is 3.18. The van der Waals surface area contributed by atoms with Crippen molar-refractivity contribution in [2.45, 2.75) is 33.1 Å². The highest BCUT2D eigenvalue weighted by atomic mass is 19.1. The van der Waals surface area contributed by atoms with Gasteiger partial charge in [-0.1, -0.05) is 12.1 Å². The van der Waals surface area contributed by atoms with Crippen molar-refractivity contribution in [3.8, 4) is 0 Å². The minimum Gasteiger partial charge on any atom is -0.341 e. The van der Waals surface area contributed by atoms with Crippen molar-refractivity contribution in [2.24, 2.45) is 0 Å². The van der Waals surface area contributed by atoms with Gasteiger partial charge < -0.3 is 10.2 Å². The monoisotopic (exact) mass is 300 g/mol. The molecule has 1 N–H and O–H groups in total. The Bertz CT molecular complexity index is 666. The van der Waals surface area contributed by atoms with E-state index in [0.717, 1.165) is 37.2 Å². The first-order chi connectivity index (χ1) is 10.6. The number of anilines is 3. The number of rotatable bonds is 3. The minimum absolute atomic E-state index is 0.249. The maximum Gasteiger partial charge on any atom is 0.227 e. The van der Waals surface area contributed by atoms with Crippen molar-refractivity contribution < 1.29 is 4.39 Å². The lowest BCUT2D eigenvalue weighted by Crippen LogP contribution is -2.31. The lowest BCUT2D eigenvalue weighted by molar-refractivity contribution is 0.560. The quantitative estimate of drug-likeness (QED) is 0.931. The Labute approximate surface area is 130 Å². The van der Waals surface area contributed by atoms with Gasteiger partial charge in [-0.15, -0.1) is 0 Å². The zero-order chi connectivity index (χ0) is 15.5. The van der Waals surface area contributed by atoms with Gasteiger partial charge in [0.15, 0.2) is 11.6 Å². The van der Waals surface area contributed by atoms with Gasteiger partial charge in [0.1, 0.15) is 0 Å². The van der Waals surface area contributed by atoms with Crippen LogP contribution in [0.2, 0.25) is 0 Å². The van der Waals surface area contributed by atoms with Crippen molar-refractivity contribution in [2.75, 3.05) is 23.3 Å². The molecule has 1 aromatic heterocycles. The van der Waals surface area contributed by atoms with E-state index >= 15 is 0 Å². The van der Waals surface area contributed by atoms with Gasteiger partial charge in [0.2, 0.25) is 5.95 Å². The van der Waals surface area contributed by atoms with Crippen molar-refractivity contribution in [1.82, 2.24) is 9.97 Å². The zero-order valence-electron chi connectivity index (χ0n) is 13.1. The Hall–Kier alpha value is -2.17. The summed E-state index contributed by atoms with van der Waals surface area (Å²) in [5.74, 6) is 0.481. The van der Waals surface area contributed by atoms with Gasteiger partial charge in [-0.2, -0.15) is 4.98 Å². The average Bonchev–Trinajstić information content (AvgIpc) is 2.52. The fourth-order valence-electron chi connectivity index (χ4n) is 2.72. The second-order valence-corrected chi connectivity index (χ2v) is 5.81. The van der Waals surface area contributed by atoms with Crippen LogP contribution in [0.1, 0.15) is 30.5 Å². The van der Waals surface area contributed by atoms with Crippen LogP contribution < -0.4 is 10.2 Å². The highest BCUT2D eigenvalue weighted by molar-refractivity contribution is 5.59. The summed E-state index contributed by atoms with van der Waals surface area (Å²) in [6.45, 7) is 5.57. The molecule has 0 bridgehead atoms. The van der Waals surface area contributed by atoms with Gasteiger partial charge >= 0.3 is 0 Å². The molecule has 1 saturated heterocycles. The lowest BCUT2D eigenvalue weighted by atomic mass is 10.1. The van der Waals surface area contributed by atoms with Crippen LogP contribution in [0.3, 0.4) is 0 Å². The van der Waals surface area contributed by atoms with E-state index in [9.17, 15) is 4.39 Å². The van der Waals surface area contributed by atoms with Gasteiger partial charge in [0.05, 0.1) is 5.69 Å². The summed E-state index contributed by atoms with van der Waals surface area (Å²) in [6, 6.07) is 7.82. The number of hydrogen-bond acceptors (Lipinski definition) is 4. The van der Waals surface area contributed by atoms with Crippen LogP contribution in [-0.4, -0.2) is 23.1 Å².